The Bertz CT molecular complexity index is 765. The second-order valence-corrected chi connectivity index (χ2v) is 6.37. The predicted octanol–water partition coefficient (Wildman–Crippen LogP) is 3.39. The number of nitrogens with zero attached hydrogens (tertiary/aromatic N) is 1. The van der Waals surface area contributed by atoms with Crippen LogP contribution in [0.1, 0.15) is 49.8 Å². The second-order valence-electron chi connectivity index (χ2n) is 6.37. The van der Waals surface area contributed by atoms with E-state index >= 15 is 0 Å². The summed E-state index contributed by atoms with van der Waals surface area (Å²) in [5.41, 5.74) is 2.13. The zero-order valence-corrected chi connectivity index (χ0v) is 15.1. The number of aromatic amines is 1. The van der Waals surface area contributed by atoms with Gasteiger partial charge >= 0.3 is 0 Å². The van der Waals surface area contributed by atoms with E-state index in [1.165, 1.54) is 0 Å². The van der Waals surface area contributed by atoms with Crippen LogP contribution in [0.15, 0.2) is 24.3 Å². The minimum atomic E-state index is -0.353. The van der Waals surface area contributed by atoms with Crippen molar-refractivity contribution in [3.05, 3.63) is 35.7 Å². The Morgan fingerprint density at radius 2 is 1.80 bits per heavy atom. The molecule has 1 aromatic heterocycles. The molecule has 25 heavy (non-hydrogen) atoms. The SMILES string of the molecule is COc1ccc(NC(=O)c2cc(C(C)C)[nH]n2)c(NC(=O)C(C)C)c1. The number of H-pyrrole nitrogens is 1. The molecular weight excluding hydrogens is 320 g/mol. The van der Waals surface area contributed by atoms with Crippen LogP contribution in [0.25, 0.3) is 0 Å². The fourth-order valence-corrected chi connectivity index (χ4v) is 2.07. The van der Waals surface area contributed by atoms with Crippen LogP contribution >= 0.6 is 0 Å². The number of amides is 2. The first-order chi connectivity index (χ1) is 11.8. The number of aromatic nitrogens is 2. The summed E-state index contributed by atoms with van der Waals surface area (Å²) in [4.78, 5) is 24.5. The Balaban J connectivity index is 2.24. The van der Waals surface area contributed by atoms with Gasteiger partial charge in [-0.25, -0.2) is 0 Å². The van der Waals surface area contributed by atoms with E-state index in [1.807, 2.05) is 13.8 Å². The van der Waals surface area contributed by atoms with Crippen LogP contribution in [-0.2, 0) is 4.79 Å². The molecule has 134 valence electrons. The molecule has 7 nitrogen and oxygen atoms in total. The van der Waals surface area contributed by atoms with Gasteiger partial charge in [-0.05, 0) is 24.1 Å². The Morgan fingerprint density at radius 1 is 1.08 bits per heavy atom. The third kappa shape index (κ3) is 4.59. The third-order valence-electron chi connectivity index (χ3n) is 3.71. The monoisotopic (exact) mass is 344 g/mol. The van der Waals surface area contributed by atoms with E-state index in [0.29, 0.717) is 22.8 Å². The average Bonchev–Trinajstić information content (AvgIpc) is 3.06. The van der Waals surface area contributed by atoms with Crippen molar-refractivity contribution in [1.82, 2.24) is 10.2 Å². The summed E-state index contributed by atoms with van der Waals surface area (Å²) in [5, 5.41) is 12.5. The maximum Gasteiger partial charge on any atom is 0.276 e. The van der Waals surface area contributed by atoms with E-state index < -0.39 is 0 Å². The van der Waals surface area contributed by atoms with Gasteiger partial charge in [0.05, 0.1) is 18.5 Å². The molecule has 0 saturated heterocycles. The summed E-state index contributed by atoms with van der Waals surface area (Å²) in [6, 6.07) is 6.78. The number of methoxy groups -OCH3 is 1. The second kappa shape index (κ2) is 7.83. The van der Waals surface area contributed by atoms with Crippen molar-refractivity contribution in [2.24, 2.45) is 5.92 Å². The molecule has 2 rings (SSSR count). The van der Waals surface area contributed by atoms with E-state index in [-0.39, 0.29) is 23.7 Å². The molecule has 0 fully saturated rings. The Labute approximate surface area is 147 Å². The molecule has 7 heteroatoms. The topological polar surface area (TPSA) is 96.1 Å². The van der Waals surface area contributed by atoms with Crippen molar-refractivity contribution in [3.8, 4) is 5.75 Å². The first kappa shape index (κ1) is 18.5. The summed E-state index contributed by atoms with van der Waals surface area (Å²) < 4.78 is 5.19. The summed E-state index contributed by atoms with van der Waals surface area (Å²) in [6.45, 7) is 7.62. The van der Waals surface area contributed by atoms with E-state index in [1.54, 1.807) is 45.2 Å². The van der Waals surface area contributed by atoms with Gasteiger partial charge in [-0.1, -0.05) is 27.7 Å². The zero-order valence-electron chi connectivity index (χ0n) is 15.1. The van der Waals surface area contributed by atoms with Crippen LogP contribution in [0.4, 0.5) is 11.4 Å². The zero-order chi connectivity index (χ0) is 18.6. The highest BCUT2D eigenvalue weighted by atomic mass is 16.5. The van der Waals surface area contributed by atoms with Gasteiger partial charge in [0.25, 0.3) is 5.91 Å². The number of anilines is 2. The number of carbonyl (C=O) groups is 2. The van der Waals surface area contributed by atoms with E-state index in [0.717, 1.165) is 5.69 Å². The highest BCUT2D eigenvalue weighted by Gasteiger charge is 2.16. The average molecular weight is 344 g/mol. The van der Waals surface area contributed by atoms with Crippen LogP contribution in [-0.4, -0.2) is 29.1 Å². The predicted molar refractivity (Wildman–Crippen MR) is 97.1 cm³/mol. The molecule has 0 bridgehead atoms. The number of rotatable bonds is 6. The quantitative estimate of drug-likeness (QED) is 0.748. The van der Waals surface area contributed by atoms with Gasteiger partial charge in [0.2, 0.25) is 5.91 Å². The van der Waals surface area contributed by atoms with Crippen LogP contribution in [0, 0.1) is 5.92 Å². The number of benzene rings is 1. The Morgan fingerprint density at radius 3 is 2.36 bits per heavy atom. The number of hydrogen-bond acceptors (Lipinski definition) is 4. The van der Waals surface area contributed by atoms with Gasteiger partial charge in [0.15, 0.2) is 5.69 Å². The molecular formula is C18H24N4O3. The fraction of sp³-hybridized carbons (Fsp3) is 0.389. The lowest BCUT2D eigenvalue weighted by molar-refractivity contribution is -0.118. The molecule has 3 N–H and O–H groups in total. The standard InChI is InChI=1S/C18H24N4O3/c1-10(2)14-9-16(22-21-14)18(24)19-13-7-6-12(25-5)8-15(13)20-17(23)11(3)4/h6-11H,1-5H3,(H,19,24)(H,20,23)(H,21,22). The van der Waals surface area contributed by atoms with Crippen molar-refractivity contribution >= 4 is 23.2 Å². The molecule has 0 aliphatic heterocycles. The maximum atomic E-state index is 12.4. The van der Waals surface area contributed by atoms with Gasteiger partial charge in [-0.3, -0.25) is 14.7 Å². The molecule has 1 aromatic carbocycles. The molecule has 1 heterocycles. The first-order valence-corrected chi connectivity index (χ1v) is 8.17. The Hall–Kier alpha value is -2.83. The molecule has 0 saturated carbocycles. The number of hydrogen-bond donors (Lipinski definition) is 3. The summed E-state index contributed by atoms with van der Waals surface area (Å²) in [5.74, 6) is 0.142. The number of ether oxygens (including phenoxy) is 1. The minimum absolute atomic E-state index is 0.148. The first-order valence-electron chi connectivity index (χ1n) is 8.17. The lowest BCUT2D eigenvalue weighted by atomic mass is 10.1. The summed E-state index contributed by atoms with van der Waals surface area (Å²) in [7, 11) is 1.54. The minimum Gasteiger partial charge on any atom is -0.497 e. The largest absolute Gasteiger partial charge is 0.497 e. The smallest absolute Gasteiger partial charge is 0.276 e. The molecule has 0 aliphatic rings. The van der Waals surface area contributed by atoms with Crippen molar-refractivity contribution in [1.29, 1.82) is 0 Å². The lowest BCUT2D eigenvalue weighted by Crippen LogP contribution is -2.20. The van der Waals surface area contributed by atoms with Gasteiger partial charge in [0.1, 0.15) is 5.75 Å². The number of nitrogens with one attached hydrogen (secondary N) is 3. The highest BCUT2D eigenvalue weighted by Crippen LogP contribution is 2.28. The summed E-state index contributed by atoms with van der Waals surface area (Å²) in [6.07, 6.45) is 0. The maximum absolute atomic E-state index is 12.4. The summed E-state index contributed by atoms with van der Waals surface area (Å²) >= 11 is 0. The van der Waals surface area contributed by atoms with Crippen LogP contribution in [0.5, 0.6) is 5.75 Å². The van der Waals surface area contributed by atoms with Crippen molar-refractivity contribution in [2.75, 3.05) is 17.7 Å². The van der Waals surface area contributed by atoms with Gasteiger partial charge in [-0.15, -0.1) is 0 Å². The molecule has 0 radical (unpaired) electrons. The van der Waals surface area contributed by atoms with Crippen LogP contribution in [0.3, 0.4) is 0 Å². The van der Waals surface area contributed by atoms with E-state index in [9.17, 15) is 9.59 Å². The molecule has 0 atom stereocenters. The molecule has 2 aromatic rings. The molecule has 0 spiro atoms. The van der Waals surface area contributed by atoms with Crippen molar-refractivity contribution in [3.63, 3.8) is 0 Å². The van der Waals surface area contributed by atoms with Crippen LogP contribution in [0.2, 0.25) is 0 Å². The molecule has 2 amide bonds. The fourth-order valence-electron chi connectivity index (χ4n) is 2.07. The van der Waals surface area contributed by atoms with Crippen molar-refractivity contribution in [2.45, 2.75) is 33.6 Å². The lowest BCUT2D eigenvalue weighted by Gasteiger charge is -2.14. The molecule has 0 aliphatic carbocycles. The van der Waals surface area contributed by atoms with E-state index in [4.69, 9.17) is 4.74 Å². The van der Waals surface area contributed by atoms with Crippen molar-refractivity contribution < 1.29 is 14.3 Å². The van der Waals surface area contributed by atoms with Crippen LogP contribution < -0.4 is 15.4 Å². The van der Waals surface area contributed by atoms with Gasteiger partial charge < -0.3 is 15.4 Å². The van der Waals surface area contributed by atoms with Gasteiger partial charge in [-0.2, -0.15) is 5.10 Å². The van der Waals surface area contributed by atoms with E-state index in [2.05, 4.69) is 20.8 Å². The number of carbonyl (C=O) groups excluding carboxylic acids is 2. The Kier molecular flexibility index (Phi) is 5.80. The highest BCUT2D eigenvalue weighted by molar-refractivity contribution is 6.06. The van der Waals surface area contributed by atoms with Gasteiger partial charge in [0, 0.05) is 17.7 Å². The molecule has 0 unspecified atom stereocenters. The normalized spacial score (nSPS) is 10.8. The third-order valence-corrected chi connectivity index (χ3v) is 3.71.